The van der Waals surface area contributed by atoms with Gasteiger partial charge in [-0.3, -0.25) is 9.59 Å². The molecular weight excluding hydrogens is 160 g/mol. The van der Waals surface area contributed by atoms with Gasteiger partial charge in [0.05, 0.1) is 17.9 Å². The topological polar surface area (TPSA) is 63.6 Å². The van der Waals surface area contributed by atoms with Crippen molar-refractivity contribution in [2.45, 2.75) is 26.4 Å². The Balaban J connectivity index is 2.76. The minimum Gasteiger partial charge on any atom is -0.393 e. The molecule has 0 aromatic heterocycles. The zero-order chi connectivity index (χ0) is 9.30. The predicted molar refractivity (Wildman–Crippen MR) is 40.1 cm³/mol. The second kappa shape index (κ2) is 3.23. The first-order valence-corrected chi connectivity index (χ1v) is 4.01. The second-order valence-electron chi connectivity index (χ2n) is 3.03. The van der Waals surface area contributed by atoms with Gasteiger partial charge in [0, 0.05) is 0 Å². The molecule has 12 heavy (non-hydrogen) atoms. The molecule has 1 heterocycles. The van der Waals surface area contributed by atoms with Gasteiger partial charge < -0.3 is 9.84 Å². The molecular formula is C8H12O4. The minimum atomic E-state index is -0.765. The summed E-state index contributed by atoms with van der Waals surface area (Å²) in [4.78, 5) is 21.9. The molecule has 0 saturated carbocycles. The van der Waals surface area contributed by atoms with Crippen LogP contribution < -0.4 is 0 Å². The zero-order valence-corrected chi connectivity index (χ0v) is 7.11. The Morgan fingerprint density at radius 2 is 2.08 bits per heavy atom. The summed E-state index contributed by atoms with van der Waals surface area (Å²) in [7, 11) is 0. The molecule has 0 aromatic rings. The van der Waals surface area contributed by atoms with E-state index in [2.05, 4.69) is 4.74 Å². The largest absolute Gasteiger partial charge is 0.393 e. The third kappa shape index (κ3) is 1.34. The molecule has 0 radical (unpaired) electrons. The molecule has 1 saturated heterocycles. The highest BCUT2D eigenvalue weighted by atomic mass is 16.6. The number of aliphatic hydroxyl groups excluding tert-OH is 1. The smallest absolute Gasteiger partial charge is 0.320 e. The van der Waals surface area contributed by atoms with E-state index < -0.39 is 29.9 Å². The van der Waals surface area contributed by atoms with E-state index in [-0.39, 0.29) is 0 Å². The highest BCUT2D eigenvalue weighted by Crippen LogP contribution is 2.27. The maximum Gasteiger partial charge on any atom is 0.320 e. The Labute approximate surface area is 70.5 Å². The molecule has 0 aliphatic carbocycles. The Hall–Kier alpha value is -0.900. The predicted octanol–water partition coefficient (Wildman–Crippen LogP) is 0.0930. The Kier molecular flexibility index (Phi) is 2.47. The van der Waals surface area contributed by atoms with Gasteiger partial charge >= 0.3 is 11.9 Å². The summed E-state index contributed by atoms with van der Waals surface area (Å²) in [5.41, 5.74) is 0. The van der Waals surface area contributed by atoms with Gasteiger partial charge in [-0.25, -0.2) is 0 Å². The molecule has 1 fully saturated rings. The van der Waals surface area contributed by atoms with Crippen LogP contribution in [0.3, 0.4) is 0 Å². The van der Waals surface area contributed by atoms with Gasteiger partial charge in [0.15, 0.2) is 0 Å². The lowest BCUT2D eigenvalue weighted by atomic mass is 9.90. The number of rotatable bonds is 2. The molecule has 3 unspecified atom stereocenters. The van der Waals surface area contributed by atoms with Crippen molar-refractivity contribution >= 4 is 11.9 Å². The average molecular weight is 172 g/mol. The van der Waals surface area contributed by atoms with E-state index >= 15 is 0 Å². The van der Waals surface area contributed by atoms with Crippen molar-refractivity contribution in [3.63, 3.8) is 0 Å². The van der Waals surface area contributed by atoms with Crippen molar-refractivity contribution in [3.05, 3.63) is 0 Å². The number of hydrogen-bond donors (Lipinski definition) is 1. The molecule has 1 aliphatic rings. The molecule has 0 aromatic carbocycles. The number of carbonyl (C=O) groups excluding carboxylic acids is 2. The molecule has 0 spiro atoms. The summed E-state index contributed by atoms with van der Waals surface area (Å²) in [6, 6.07) is 0. The van der Waals surface area contributed by atoms with Gasteiger partial charge in [-0.15, -0.1) is 0 Å². The lowest BCUT2D eigenvalue weighted by Crippen LogP contribution is -2.28. The van der Waals surface area contributed by atoms with E-state index in [1.54, 1.807) is 13.8 Å². The van der Waals surface area contributed by atoms with E-state index in [0.29, 0.717) is 6.42 Å². The zero-order valence-electron chi connectivity index (χ0n) is 7.11. The average Bonchev–Trinajstić information content (AvgIpc) is 2.26. The molecule has 68 valence electrons. The van der Waals surface area contributed by atoms with Gasteiger partial charge in [-0.05, 0) is 6.42 Å². The first-order chi connectivity index (χ1) is 5.57. The molecule has 1 N–H and O–H groups in total. The van der Waals surface area contributed by atoms with Gasteiger partial charge in [-0.2, -0.15) is 0 Å². The van der Waals surface area contributed by atoms with Crippen LogP contribution in [0.4, 0.5) is 0 Å². The monoisotopic (exact) mass is 172 g/mol. The van der Waals surface area contributed by atoms with Crippen LogP contribution in [-0.4, -0.2) is 23.1 Å². The van der Waals surface area contributed by atoms with Gasteiger partial charge in [-0.1, -0.05) is 13.8 Å². The third-order valence-electron chi connectivity index (χ3n) is 2.22. The van der Waals surface area contributed by atoms with Crippen LogP contribution >= 0.6 is 0 Å². The van der Waals surface area contributed by atoms with Crippen molar-refractivity contribution in [2.24, 2.45) is 11.8 Å². The molecule has 1 rings (SSSR count). The highest BCUT2D eigenvalue weighted by Gasteiger charge is 2.44. The first kappa shape index (κ1) is 9.19. The maximum absolute atomic E-state index is 11.0. The fraction of sp³-hybridized carbons (Fsp3) is 0.750. The standard InChI is InChI=1S/C8H12O4/c1-3-5(9)6-4(2)7(10)12-8(6)11/h4-6,9H,3H2,1-2H3. The number of ether oxygens (including phenoxy) is 1. The van der Waals surface area contributed by atoms with E-state index in [4.69, 9.17) is 0 Å². The molecule has 4 heteroatoms. The van der Waals surface area contributed by atoms with Crippen LogP contribution in [0.5, 0.6) is 0 Å². The summed E-state index contributed by atoms with van der Waals surface area (Å²) in [5, 5.41) is 9.36. The summed E-state index contributed by atoms with van der Waals surface area (Å²) in [5.74, 6) is -2.30. The van der Waals surface area contributed by atoms with Gasteiger partial charge in [0.2, 0.25) is 0 Å². The fourth-order valence-corrected chi connectivity index (χ4v) is 1.36. The normalized spacial score (nSPS) is 31.9. The summed E-state index contributed by atoms with van der Waals surface area (Å²) in [6.07, 6.45) is -0.309. The van der Waals surface area contributed by atoms with Crippen LogP contribution in [-0.2, 0) is 14.3 Å². The van der Waals surface area contributed by atoms with Gasteiger partial charge in [0.25, 0.3) is 0 Å². The number of aliphatic hydroxyl groups is 1. The Morgan fingerprint density at radius 3 is 2.42 bits per heavy atom. The highest BCUT2D eigenvalue weighted by molar-refractivity contribution is 5.96. The molecule has 3 atom stereocenters. The molecule has 1 aliphatic heterocycles. The van der Waals surface area contributed by atoms with Crippen LogP contribution in [0, 0.1) is 11.8 Å². The van der Waals surface area contributed by atoms with Crippen LogP contribution in [0.25, 0.3) is 0 Å². The lowest BCUT2D eigenvalue weighted by Gasteiger charge is -2.14. The summed E-state index contributed by atoms with van der Waals surface area (Å²) < 4.78 is 4.37. The van der Waals surface area contributed by atoms with E-state index in [1.807, 2.05) is 0 Å². The number of hydrogen-bond acceptors (Lipinski definition) is 4. The molecule has 0 amide bonds. The number of cyclic esters (lactones) is 2. The van der Waals surface area contributed by atoms with Crippen molar-refractivity contribution in [2.75, 3.05) is 0 Å². The van der Waals surface area contributed by atoms with Crippen LogP contribution in [0.15, 0.2) is 0 Å². The van der Waals surface area contributed by atoms with Crippen LogP contribution in [0.2, 0.25) is 0 Å². The summed E-state index contributed by atoms with van der Waals surface area (Å²) >= 11 is 0. The van der Waals surface area contributed by atoms with Gasteiger partial charge in [0.1, 0.15) is 0 Å². The van der Waals surface area contributed by atoms with E-state index in [0.717, 1.165) is 0 Å². The molecule has 0 bridgehead atoms. The van der Waals surface area contributed by atoms with E-state index in [9.17, 15) is 14.7 Å². The molecule has 4 nitrogen and oxygen atoms in total. The number of carbonyl (C=O) groups is 2. The van der Waals surface area contributed by atoms with Crippen molar-refractivity contribution < 1.29 is 19.4 Å². The van der Waals surface area contributed by atoms with Crippen molar-refractivity contribution in [3.8, 4) is 0 Å². The fourth-order valence-electron chi connectivity index (χ4n) is 1.36. The SMILES string of the molecule is CCC(O)C1C(=O)OC(=O)C1C. The third-order valence-corrected chi connectivity index (χ3v) is 2.22. The lowest BCUT2D eigenvalue weighted by molar-refractivity contribution is -0.154. The number of esters is 2. The Morgan fingerprint density at radius 1 is 1.50 bits per heavy atom. The Bertz CT molecular complexity index is 211. The quantitative estimate of drug-likeness (QED) is 0.473. The minimum absolute atomic E-state index is 0.456. The van der Waals surface area contributed by atoms with Crippen molar-refractivity contribution in [1.29, 1.82) is 0 Å². The maximum atomic E-state index is 11.0. The van der Waals surface area contributed by atoms with E-state index in [1.165, 1.54) is 0 Å². The second-order valence-corrected chi connectivity index (χ2v) is 3.03. The first-order valence-electron chi connectivity index (χ1n) is 4.01. The van der Waals surface area contributed by atoms with Crippen molar-refractivity contribution in [1.82, 2.24) is 0 Å². The summed E-state index contributed by atoms with van der Waals surface area (Å²) in [6.45, 7) is 3.35. The van der Waals surface area contributed by atoms with Crippen LogP contribution in [0.1, 0.15) is 20.3 Å².